The van der Waals surface area contributed by atoms with Gasteiger partial charge in [-0.3, -0.25) is 4.79 Å². The minimum absolute atomic E-state index is 0.420. The summed E-state index contributed by atoms with van der Waals surface area (Å²) in [4.78, 5) is 10.8. The average Bonchev–Trinajstić information content (AvgIpc) is 2.10. The van der Waals surface area contributed by atoms with Gasteiger partial charge in [-0.25, -0.2) is 0 Å². The normalized spacial score (nSPS) is 15.1. The van der Waals surface area contributed by atoms with Crippen molar-refractivity contribution >= 4 is 5.91 Å². The van der Waals surface area contributed by atoms with Gasteiger partial charge in [-0.05, 0) is 20.3 Å². The highest BCUT2D eigenvalue weighted by molar-refractivity contribution is 5.83. The Bertz CT molecular complexity index is 171. The van der Waals surface area contributed by atoms with E-state index in [1.807, 2.05) is 6.92 Å². The minimum Gasteiger partial charge on any atom is -0.379 e. The van der Waals surface area contributed by atoms with E-state index < -0.39 is 11.4 Å². The molecule has 0 aromatic carbocycles. The Morgan fingerprint density at radius 2 is 1.86 bits per heavy atom. The van der Waals surface area contributed by atoms with Gasteiger partial charge in [-0.1, -0.05) is 0 Å². The Morgan fingerprint density at radius 1 is 1.29 bits per heavy atom. The average molecular weight is 204 g/mol. The van der Waals surface area contributed by atoms with E-state index >= 15 is 0 Å². The molecule has 0 radical (unpaired) electrons. The van der Waals surface area contributed by atoms with E-state index in [0.29, 0.717) is 32.8 Å². The van der Waals surface area contributed by atoms with Crippen molar-refractivity contribution in [2.45, 2.75) is 25.8 Å². The van der Waals surface area contributed by atoms with Gasteiger partial charge in [0, 0.05) is 13.2 Å². The molecule has 0 spiro atoms. The standard InChI is InChI=1S/C9H20N2O3/c1-3-13-6-7-14-5-4-9(2,11)8(10)12/h3-7,11H2,1-2H3,(H2,10,12). The van der Waals surface area contributed by atoms with E-state index in [0.717, 1.165) is 0 Å². The molecular formula is C9H20N2O3. The largest absolute Gasteiger partial charge is 0.379 e. The Labute approximate surface area is 84.7 Å². The zero-order valence-corrected chi connectivity index (χ0v) is 8.91. The topological polar surface area (TPSA) is 87.6 Å². The van der Waals surface area contributed by atoms with E-state index in [9.17, 15) is 4.79 Å². The molecule has 1 atom stereocenters. The van der Waals surface area contributed by atoms with E-state index in [-0.39, 0.29) is 0 Å². The predicted octanol–water partition coefficient (Wildman–Crippen LogP) is -0.368. The molecule has 0 saturated carbocycles. The number of ether oxygens (including phenoxy) is 2. The monoisotopic (exact) mass is 204 g/mol. The number of primary amides is 1. The molecule has 0 saturated heterocycles. The van der Waals surface area contributed by atoms with Gasteiger partial charge in [0.25, 0.3) is 0 Å². The third-order valence-corrected chi connectivity index (χ3v) is 1.90. The maximum Gasteiger partial charge on any atom is 0.237 e. The summed E-state index contributed by atoms with van der Waals surface area (Å²) >= 11 is 0. The van der Waals surface area contributed by atoms with Crippen LogP contribution in [-0.2, 0) is 14.3 Å². The summed E-state index contributed by atoms with van der Waals surface area (Å²) in [6.45, 7) is 5.70. The quantitative estimate of drug-likeness (QED) is 0.528. The van der Waals surface area contributed by atoms with Crippen molar-refractivity contribution in [1.82, 2.24) is 0 Å². The number of rotatable bonds is 8. The maximum absolute atomic E-state index is 10.8. The fourth-order valence-corrected chi connectivity index (χ4v) is 0.772. The fourth-order valence-electron chi connectivity index (χ4n) is 0.772. The van der Waals surface area contributed by atoms with Crippen LogP contribution in [0.15, 0.2) is 0 Å². The van der Waals surface area contributed by atoms with Crippen LogP contribution in [-0.4, -0.2) is 37.9 Å². The first-order chi connectivity index (χ1) is 6.50. The molecule has 14 heavy (non-hydrogen) atoms. The molecule has 0 bridgehead atoms. The minimum atomic E-state index is -0.981. The van der Waals surface area contributed by atoms with Gasteiger partial charge < -0.3 is 20.9 Å². The van der Waals surface area contributed by atoms with Gasteiger partial charge in [0.15, 0.2) is 0 Å². The van der Waals surface area contributed by atoms with Crippen LogP contribution < -0.4 is 11.5 Å². The van der Waals surface area contributed by atoms with Gasteiger partial charge in [0.1, 0.15) is 0 Å². The van der Waals surface area contributed by atoms with Crippen LogP contribution >= 0.6 is 0 Å². The molecule has 5 heteroatoms. The Morgan fingerprint density at radius 3 is 2.36 bits per heavy atom. The number of nitrogens with two attached hydrogens (primary N) is 2. The van der Waals surface area contributed by atoms with Crippen molar-refractivity contribution in [3.05, 3.63) is 0 Å². The van der Waals surface area contributed by atoms with Gasteiger partial charge in [-0.15, -0.1) is 0 Å². The molecule has 0 fully saturated rings. The number of hydrogen-bond donors (Lipinski definition) is 2. The molecule has 0 aliphatic rings. The summed E-state index contributed by atoms with van der Waals surface area (Å²) in [5, 5.41) is 0. The highest BCUT2D eigenvalue weighted by Gasteiger charge is 2.24. The van der Waals surface area contributed by atoms with Crippen molar-refractivity contribution < 1.29 is 14.3 Å². The number of amides is 1. The van der Waals surface area contributed by atoms with E-state index in [1.165, 1.54) is 0 Å². The molecule has 1 unspecified atom stereocenters. The third kappa shape index (κ3) is 5.90. The molecule has 5 nitrogen and oxygen atoms in total. The third-order valence-electron chi connectivity index (χ3n) is 1.90. The van der Waals surface area contributed by atoms with Crippen LogP contribution in [0.25, 0.3) is 0 Å². The second kappa shape index (κ2) is 6.75. The maximum atomic E-state index is 10.8. The van der Waals surface area contributed by atoms with Gasteiger partial charge >= 0.3 is 0 Å². The zero-order chi connectivity index (χ0) is 11.0. The zero-order valence-electron chi connectivity index (χ0n) is 8.91. The number of carbonyl (C=O) groups is 1. The first-order valence-electron chi connectivity index (χ1n) is 4.75. The summed E-state index contributed by atoms with van der Waals surface area (Å²) in [6, 6.07) is 0. The molecule has 0 heterocycles. The lowest BCUT2D eigenvalue weighted by Gasteiger charge is -2.19. The Balaban J connectivity index is 3.40. The Hall–Kier alpha value is -0.650. The number of carbonyl (C=O) groups excluding carboxylic acids is 1. The molecule has 0 aliphatic heterocycles. The summed E-state index contributed by atoms with van der Waals surface area (Å²) in [6.07, 6.45) is 0.425. The molecule has 0 aliphatic carbocycles. The molecular weight excluding hydrogens is 184 g/mol. The van der Waals surface area contributed by atoms with Crippen LogP contribution in [0.4, 0.5) is 0 Å². The number of hydrogen-bond acceptors (Lipinski definition) is 4. The molecule has 0 aromatic rings. The molecule has 1 amide bonds. The SMILES string of the molecule is CCOCCOCCC(C)(N)C(N)=O. The molecule has 0 rings (SSSR count). The van der Waals surface area contributed by atoms with Gasteiger partial charge in [0.05, 0.1) is 18.8 Å². The highest BCUT2D eigenvalue weighted by atomic mass is 16.5. The van der Waals surface area contributed by atoms with Crippen molar-refractivity contribution in [2.75, 3.05) is 26.4 Å². The summed E-state index contributed by atoms with van der Waals surface area (Å²) in [7, 11) is 0. The molecule has 0 aromatic heterocycles. The van der Waals surface area contributed by atoms with E-state index in [2.05, 4.69) is 0 Å². The van der Waals surface area contributed by atoms with E-state index in [1.54, 1.807) is 6.92 Å². The first-order valence-corrected chi connectivity index (χ1v) is 4.75. The lowest BCUT2D eigenvalue weighted by molar-refractivity contribution is -0.123. The van der Waals surface area contributed by atoms with Crippen LogP contribution in [0.3, 0.4) is 0 Å². The van der Waals surface area contributed by atoms with Crippen LogP contribution in [0.2, 0.25) is 0 Å². The first kappa shape index (κ1) is 13.4. The summed E-state index contributed by atoms with van der Waals surface area (Å²) in [5.74, 6) is -0.508. The van der Waals surface area contributed by atoms with E-state index in [4.69, 9.17) is 20.9 Å². The Kier molecular flexibility index (Phi) is 6.44. The van der Waals surface area contributed by atoms with Crippen molar-refractivity contribution in [3.63, 3.8) is 0 Å². The lowest BCUT2D eigenvalue weighted by atomic mass is 9.99. The van der Waals surface area contributed by atoms with Crippen molar-refractivity contribution in [2.24, 2.45) is 11.5 Å². The smallest absolute Gasteiger partial charge is 0.237 e. The second-order valence-electron chi connectivity index (χ2n) is 3.34. The van der Waals surface area contributed by atoms with Crippen LogP contribution in [0.5, 0.6) is 0 Å². The predicted molar refractivity (Wildman–Crippen MR) is 53.7 cm³/mol. The lowest BCUT2D eigenvalue weighted by Crippen LogP contribution is -2.50. The summed E-state index contributed by atoms with van der Waals surface area (Å²) < 4.78 is 10.3. The van der Waals surface area contributed by atoms with Crippen molar-refractivity contribution in [1.29, 1.82) is 0 Å². The molecule has 4 N–H and O–H groups in total. The van der Waals surface area contributed by atoms with Crippen LogP contribution in [0.1, 0.15) is 20.3 Å². The fraction of sp³-hybridized carbons (Fsp3) is 0.889. The summed E-state index contributed by atoms with van der Waals surface area (Å²) in [5.41, 5.74) is 9.72. The highest BCUT2D eigenvalue weighted by Crippen LogP contribution is 2.04. The van der Waals surface area contributed by atoms with Crippen molar-refractivity contribution in [3.8, 4) is 0 Å². The molecule has 84 valence electrons. The van der Waals surface area contributed by atoms with Gasteiger partial charge in [0.2, 0.25) is 5.91 Å². The second-order valence-corrected chi connectivity index (χ2v) is 3.34. The van der Waals surface area contributed by atoms with Crippen LogP contribution in [0, 0.1) is 0 Å². The van der Waals surface area contributed by atoms with Gasteiger partial charge in [-0.2, -0.15) is 0 Å².